The van der Waals surface area contributed by atoms with Gasteiger partial charge >= 0.3 is 6.16 Å². The molecule has 0 saturated heterocycles. The van der Waals surface area contributed by atoms with Crippen LogP contribution in [0.25, 0.3) is 0 Å². The highest BCUT2D eigenvalue weighted by atomic mass is 16.7. The van der Waals surface area contributed by atoms with E-state index >= 15 is 0 Å². The molecule has 0 atom stereocenters. The molecule has 0 radical (unpaired) electrons. The smallest absolute Gasteiger partial charge is 0.428 e. The van der Waals surface area contributed by atoms with Crippen LogP contribution in [0.1, 0.15) is 38.1 Å². The SMILES string of the molecule is CC(C)(C)OC(=O)Oc1ccc(C=O)cc1.COC(C)OC. The van der Waals surface area contributed by atoms with E-state index in [-0.39, 0.29) is 6.29 Å². The van der Waals surface area contributed by atoms with Gasteiger partial charge in [0.15, 0.2) is 6.29 Å². The molecule has 0 aliphatic rings. The fourth-order valence-corrected chi connectivity index (χ4v) is 1.08. The number of hydrogen-bond donors (Lipinski definition) is 0. The van der Waals surface area contributed by atoms with Crippen LogP contribution in [0.3, 0.4) is 0 Å². The van der Waals surface area contributed by atoms with E-state index in [0.29, 0.717) is 11.3 Å². The van der Waals surface area contributed by atoms with E-state index in [4.69, 9.17) is 9.47 Å². The Balaban J connectivity index is 0.000000626. The van der Waals surface area contributed by atoms with Crippen LogP contribution in [0, 0.1) is 0 Å². The Kier molecular flexibility index (Phi) is 9.05. The maximum absolute atomic E-state index is 11.3. The van der Waals surface area contributed by atoms with Gasteiger partial charge in [-0.15, -0.1) is 0 Å². The maximum Gasteiger partial charge on any atom is 0.514 e. The molecule has 0 aliphatic carbocycles. The van der Waals surface area contributed by atoms with Crippen molar-refractivity contribution >= 4 is 12.4 Å². The highest BCUT2D eigenvalue weighted by Gasteiger charge is 2.17. The summed E-state index contributed by atoms with van der Waals surface area (Å²) in [6.45, 7) is 7.09. The van der Waals surface area contributed by atoms with Crippen LogP contribution >= 0.6 is 0 Å². The third kappa shape index (κ3) is 9.90. The molecule has 6 nitrogen and oxygen atoms in total. The lowest BCUT2D eigenvalue weighted by atomic mass is 10.2. The number of ether oxygens (including phenoxy) is 4. The van der Waals surface area contributed by atoms with Crippen molar-refractivity contribution in [3.05, 3.63) is 29.8 Å². The van der Waals surface area contributed by atoms with E-state index in [1.54, 1.807) is 47.1 Å². The van der Waals surface area contributed by atoms with E-state index in [9.17, 15) is 9.59 Å². The summed E-state index contributed by atoms with van der Waals surface area (Å²) in [6.07, 6.45) is -0.103. The topological polar surface area (TPSA) is 71.1 Å². The second-order valence-electron chi connectivity index (χ2n) is 5.29. The van der Waals surface area contributed by atoms with Gasteiger partial charge in [-0.2, -0.15) is 0 Å². The van der Waals surface area contributed by atoms with Crippen LogP contribution in [0.15, 0.2) is 24.3 Å². The molecular formula is C16H24O6. The summed E-state index contributed by atoms with van der Waals surface area (Å²) < 4.78 is 19.2. The first-order valence-electron chi connectivity index (χ1n) is 6.73. The Morgan fingerprint density at radius 2 is 1.59 bits per heavy atom. The summed E-state index contributed by atoms with van der Waals surface area (Å²) in [5, 5.41) is 0. The molecule has 6 heteroatoms. The predicted octanol–water partition coefficient (Wildman–Crippen LogP) is 3.44. The number of carbonyl (C=O) groups is 2. The lowest BCUT2D eigenvalue weighted by molar-refractivity contribution is -0.0877. The van der Waals surface area contributed by atoms with Gasteiger partial charge in [-0.3, -0.25) is 4.79 Å². The molecule has 0 heterocycles. The summed E-state index contributed by atoms with van der Waals surface area (Å²) in [4.78, 5) is 21.7. The number of hydrogen-bond acceptors (Lipinski definition) is 6. The Morgan fingerprint density at radius 1 is 1.09 bits per heavy atom. The van der Waals surface area contributed by atoms with Gasteiger partial charge in [-0.25, -0.2) is 4.79 Å². The molecule has 0 amide bonds. The third-order valence-corrected chi connectivity index (χ3v) is 2.27. The van der Waals surface area contributed by atoms with Gasteiger partial charge in [0.2, 0.25) is 0 Å². The Labute approximate surface area is 131 Å². The van der Waals surface area contributed by atoms with Crippen molar-refractivity contribution in [2.45, 2.75) is 39.6 Å². The number of aldehydes is 1. The van der Waals surface area contributed by atoms with E-state index < -0.39 is 11.8 Å². The van der Waals surface area contributed by atoms with E-state index in [1.165, 1.54) is 12.1 Å². The van der Waals surface area contributed by atoms with E-state index in [1.807, 2.05) is 6.92 Å². The molecule has 0 spiro atoms. The van der Waals surface area contributed by atoms with Gasteiger partial charge in [0.1, 0.15) is 17.6 Å². The lowest BCUT2D eigenvalue weighted by Crippen LogP contribution is -2.25. The van der Waals surface area contributed by atoms with E-state index in [2.05, 4.69) is 9.47 Å². The molecular weight excluding hydrogens is 288 g/mol. The summed E-state index contributed by atoms with van der Waals surface area (Å²) in [5.41, 5.74) is -0.0589. The summed E-state index contributed by atoms with van der Waals surface area (Å²) in [5.74, 6) is 0.347. The normalized spacial score (nSPS) is 10.5. The maximum atomic E-state index is 11.3. The number of carbonyl (C=O) groups excluding carboxylic acids is 2. The van der Waals surface area contributed by atoms with Crippen LogP contribution in [-0.4, -0.2) is 38.6 Å². The van der Waals surface area contributed by atoms with Gasteiger partial charge in [0.25, 0.3) is 0 Å². The van der Waals surface area contributed by atoms with Crippen molar-refractivity contribution in [3.63, 3.8) is 0 Å². The van der Waals surface area contributed by atoms with Crippen LogP contribution in [-0.2, 0) is 14.2 Å². The van der Waals surface area contributed by atoms with Gasteiger partial charge in [-0.05, 0) is 52.0 Å². The zero-order valence-corrected chi connectivity index (χ0v) is 13.9. The van der Waals surface area contributed by atoms with E-state index in [0.717, 1.165) is 6.29 Å². The lowest BCUT2D eigenvalue weighted by Gasteiger charge is -2.18. The highest BCUT2D eigenvalue weighted by molar-refractivity contribution is 5.75. The first kappa shape index (κ1) is 20.1. The van der Waals surface area contributed by atoms with Gasteiger partial charge in [0, 0.05) is 19.8 Å². The fraction of sp³-hybridized carbons (Fsp3) is 0.500. The van der Waals surface area contributed by atoms with Gasteiger partial charge in [-0.1, -0.05) is 0 Å². The van der Waals surface area contributed by atoms with Crippen LogP contribution < -0.4 is 4.74 Å². The minimum Gasteiger partial charge on any atom is -0.428 e. The Morgan fingerprint density at radius 3 is 1.91 bits per heavy atom. The molecule has 0 fully saturated rings. The van der Waals surface area contributed by atoms with Crippen molar-refractivity contribution in [3.8, 4) is 5.75 Å². The van der Waals surface area contributed by atoms with Crippen LogP contribution in [0.2, 0.25) is 0 Å². The highest BCUT2D eigenvalue weighted by Crippen LogP contribution is 2.14. The molecule has 0 N–H and O–H groups in total. The molecule has 124 valence electrons. The summed E-state index contributed by atoms with van der Waals surface area (Å²) in [6, 6.07) is 6.20. The zero-order chi connectivity index (χ0) is 17.2. The first-order valence-corrected chi connectivity index (χ1v) is 6.73. The predicted molar refractivity (Wildman–Crippen MR) is 82.2 cm³/mol. The van der Waals surface area contributed by atoms with Crippen molar-refractivity contribution in [2.75, 3.05) is 14.2 Å². The van der Waals surface area contributed by atoms with Crippen molar-refractivity contribution in [1.29, 1.82) is 0 Å². The minimum absolute atomic E-state index is 0.0648. The average Bonchev–Trinajstić information content (AvgIpc) is 2.45. The average molecular weight is 312 g/mol. The molecule has 0 saturated carbocycles. The standard InChI is InChI=1S/C12H14O4.C4H10O2/c1-12(2,3)16-11(14)15-10-6-4-9(8-13)5-7-10;1-4(5-2)6-3/h4-8H,1-3H3;4H,1-3H3. The summed E-state index contributed by atoms with van der Waals surface area (Å²) in [7, 11) is 3.21. The van der Waals surface area contributed by atoms with Crippen molar-refractivity contribution in [1.82, 2.24) is 0 Å². The third-order valence-electron chi connectivity index (χ3n) is 2.27. The molecule has 1 aromatic rings. The molecule has 0 bridgehead atoms. The second kappa shape index (κ2) is 9.92. The molecule has 0 aromatic heterocycles. The fourth-order valence-electron chi connectivity index (χ4n) is 1.08. The van der Waals surface area contributed by atoms with Crippen LogP contribution in [0.5, 0.6) is 5.75 Å². The molecule has 1 rings (SSSR count). The summed E-state index contributed by atoms with van der Waals surface area (Å²) >= 11 is 0. The van der Waals surface area contributed by atoms with Gasteiger partial charge < -0.3 is 18.9 Å². The molecule has 22 heavy (non-hydrogen) atoms. The second-order valence-corrected chi connectivity index (χ2v) is 5.29. The quantitative estimate of drug-likeness (QED) is 0.367. The Hall–Kier alpha value is -1.92. The van der Waals surface area contributed by atoms with Crippen molar-refractivity contribution in [2.24, 2.45) is 0 Å². The van der Waals surface area contributed by atoms with Gasteiger partial charge in [0.05, 0.1) is 0 Å². The Bertz CT molecular complexity index is 443. The number of rotatable bonds is 4. The number of benzene rings is 1. The molecule has 1 aromatic carbocycles. The molecule has 0 unspecified atom stereocenters. The van der Waals surface area contributed by atoms with Crippen molar-refractivity contribution < 1.29 is 28.5 Å². The largest absolute Gasteiger partial charge is 0.514 e. The zero-order valence-electron chi connectivity index (χ0n) is 13.9. The minimum atomic E-state index is -0.758. The monoisotopic (exact) mass is 312 g/mol. The first-order chi connectivity index (χ1) is 10.2. The number of methoxy groups -OCH3 is 2. The molecule has 0 aliphatic heterocycles. The van der Waals surface area contributed by atoms with Crippen LogP contribution in [0.4, 0.5) is 4.79 Å².